The summed E-state index contributed by atoms with van der Waals surface area (Å²) in [4.78, 5) is 11.5. The number of hydrogen-bond donors (Lipinski definition) is 2. The van der Waals surface area contributed by atoms with Gasteiger partial charge in [-0.15, -0.1) is 0 Å². The van der Waals surface area contributed by atoms with Gasteiger partial charge in [0, 0.05) is 11.6 Å². The van der Waals surface area contributed by atoms with Crippen molar-refractivity contribution >= 4 is 27.5 Å². The highest BCUT2D eigenvalue weighted by molar-refractivity contribution is 7.89. The van der Waals surface area contributed by atoms with Gasteiger partial charge in [-0.05, 0) is 24.1 Å². The normalized spacial score (nSPS) is 11.2. The predicted molar refractivity (Wildman–Crippen MR) is 70.8 cm³/mol. The van der Waals surface area contributed by atoms with E-state index in [1.165, 1.54) is 0 Å². The third-order valence-electron chi connectivity index (χ3n) is 2.18. The number of nitrogens with two attached hydrogens (primary N) is 1. The van der Waals surface area contributed by atoms with Crippen LogP contribution in [0.15, 0.2) is 24.3 Å². The Labute approximate surface area is 111 Å². The van der Waals surface area contributed by atoms with Gasteiger partial charge in [-0.3, -0.25) is 4.79 Å². The molecule has 1 aromatic carbocycles. The van der Waals surface area contributed by atoms with Crippen LogP contribution in [-0.4, -0.2) is 26.6 Å². The molecule has 0 aliphatic carbocycles. The lowest BCUT2D eigenvalue weighted by Gasteiger charge is -2.05. The zero-order chi connectivity index (χ0) is 13.6. The zero-order valence-corrected chi connectivity index (χ0v) is 11.3. The highest BCUT2D eigenvalue weighted by atomic mass is 35.5. The van der Waals surface area contributed by atoms with Gasteiger partial charge in [0.25, 0.3) is 0 Å². The van der Waals surface area contributed by atoms with Crippen molar-refractivity contribution in [3.8, 4) is 0 Å². The Balaban J connectivity index is 2.30. The van der Waals surface area contributed by atoms with Crippen molar-refractivity contribution in [2.24, 2.45) is 5.14 Å². The minimum absolute atomic E-state index is 0.134. The van der Waals surface area contributed by atoms with Crippen molar-refractivity contribution < 1.29 is 13.2 Å². The van der Waals surface area contributed by atoms with E-state index < -0.39 is 10.0 Å². The molecule has 0 bridgehead atoms. The van der Waals surface area contributed by atoms with Gasteiger partial charge in [0.1, 0.15) is 0 Å². The first kappa shape index (κ1) is 14.9. The Morgan fingerprint density at radius 2 is 2.11 bits per heavy atom. The lowest BCUT2D eigenvalue weighted by molar-refractivity contribution is -0.120. The summed E-state index contributed by atoms with van der Waals surface area (Å²) in [6.45, 7) is 0.288. The largest absolute Gasteiger partial charge is 0.356 e. The monoisotopic (exact) mass is 290 g/mol. The summed E-state index contributed by atoms with van der Waals surface area (Å²) in [5.74, 6) is -0.309. The number of carbonyl (C=O) groups is 1. The summed E-state index contributed by atoms with van der Waals surface area (Å²) in [7, 11) is -3.46. The Morgan fingerprint density at radius 1 is 1.39 bits per heavy atom. The molecule has 5 nitrogen and oxygen atoms in total. The molecular weight excluding hydrogens is 276 g/mol. The number of hydrogen-bond acceptors (Lipinski definition) is 3. The van der Waals surface area contributed by atoms with Crippen molar-refractivity contribution in [1.29, 1.82) is 0 Å². The van der Waals surface area contributed by atoms with Crippen molar-refractivity contribution in [3.63, 3.8) is 0 Å². The molecule has 0 unspecified atom stereocenters. The molecule has 0 aromatic heterocycles. The van der Waals surface area contributed by atoms with Gasteiger partial charge in [0.15, 0.2) is 0 Å². The van der Waals surface area contributed by atoms with E-state index >= 15 is 0 Å². The van der Waals surface area contributed by atoms with Crippen molar-refractivity contribution in [2.45, 2.75) is 12.8 Å². The molecular formula is C11H15ClN2O3S. The van der Waals surface area contributed by atoms with Gasteiger partial charge < -0.3 is 5.32 Å². The first-order valence-corrected chi connectivity index (χ1v) is 7.48. The third kappa shape index (κ3) is 6.58. The zero-order valence-electron chi connectivity index (χ0n) is 9.73. The number of primary sulfonamides is 1. The molecule has 0 heterocycles. The van der Waals surface area contributed by atoms with Crippen molar-refractivity contribution in [2.75, 3.05) is 12.3 Å². The summed E-state index contributed by atoms with van der Waals surface area (Å²) >= 11 is 5.79. The second-order valence-electron chi connectivity index (χ2n) is 3.88. The average molecular weight is 291 g/mol. The van der Waals surface area contributed by atoms with Gasteiger partial charge in [-0.2, -0.15) is 0 Å². The van der Waals surface area contributed by atoms with E-state index in [1.807, 2.05) is 0 Å². The Kier molecular flexibility index (Phi) is 5.58. The Bertz CT molecular complexity index is 517. The van der Waals surface area contributed by atoms with Crippen LogP contribution in [-0.2, 0) is 21.2 Å². The average Bonchev–Trinajstić information content (AvgIpc) is 2.23. The molecule has 1 amide bonds. The van der Waals surface area contributed by atoms with Crippen LogP contribution in [0.4, 0.5) is 0 Å². The van der Waals surface area contributed by atoms with E-state index in [0.717, 1.165) is 5.56 Å². The fourth-order valence-corrected chi connectivity index (χ4v) is 2.16. The summed E-state index contributed by atoms with van der Waals surface area (Å²) in [5.41, 5.74) is 0.812. The smallest absolute Gasteiger partial charge is 0.224 e. The second kappa shape index (κ2) is 6.72. The summed E-state index contributed by atoms with van der Waals surface area (Å²) in [5, 5.41) is 8.04. The maximum Gasteiger partial charge on any atom is 0.224 e. The van der Waals surface area contributed by atoms with Gasteiger partial charge in [0.05, 0.1) is 12.2 Å². The van der Waals surface area contributed by atoms with Crippen LogP contribution in [0.3, 0.4) is 0 Å². The molecule has 0 atom stereocenters. The number of halogens is 1. The molecule has 7 heteroatoms. The Hall–Kier alpha value is -1.11. The SMILES string of the molecule is NS(=O)(=O)CCCNC(=O)Cc1cccc(Cl)c1. The minimum atomic E-state index is -3.46. The summed E-state index contributed by atoms with van der Waals surface area (Å²) in [6, 6.07) is 7.02. The van der Waals surface area contributed by atoms with E-state index in [0.29, 0.717) is 11.4 Å². The molecule has 0 aliphatic heterocycles. The molecule has 0 spiro atoms. The topological polar surface area (TPSA) is 89.3 Å². The number of rotatable bonds is 6. The van der Waals surface area contributed by atoms with Gasteiger partial charge in [0.2, 0.25) is 15.9 Å². The van der Waals surface area contributed by atoms with Crippen LogP contribution in [0.1, 0.15) is 12.0 Å². The molecule has 0 fully saturated rings. The molecule has 100 valence electrons. The maximum absolute atomic E-state index is 11.5. The molecule has 1 aromatic rings. The third-order valence-corrected chi connectivity index (χ3v) is 3.27. The highest BCUT2D eigenvalue weighted by Crippen LogP contribution is 2.10. The second-order valence-corrected chi connectivity index (χ2v) is 6.05. The number of sulfonamides is 1. The summed E-state index contributed by atoms with van der Waals surface area (Å²) < 4.78 is 21.3. The maximum atomic E-state index is 11.5. The first-order chi connectivity index (χ1) is 8.37. The van der Waals surface area contributed by atoms with E-state index in [1.54, 1.807) is 24.3 Å². The quantitative estimate of drug-likeness (QED) is 0.755. The standard InChI is InChI=1S/C11H15ClN2O3S/c12-10-4-1-3-9(7-10)8-11(15)14-5-2-6-18(13,16)17/h1,3-4,7H,2,5-6,8H2,(H,14,15)(H2,13,16,17). The number of amides is 1. The van der Waals surface area contributed by atoms with Crippen LogP contribution >= 0.6 is 11.6 Å². The van der Waals surface area contributed by atoms with Crippen LogP contribution in [0.5, 0.6) is 0 Å². The molecule has 0 aliphatic rings. The predicted octanol–water partition coefficient (Wildman–Crippen LogP) is 0.677. The van der Waals surface area contributed by atoms with Crippen molar-refractivity contribution in [1.82, 2.24) is 5.32 Å². The fourth-order valence-electron chi connectivity index (χ4n) is 1.40. The first-order valence-electron chi connectivity index (χ1n) is 5.38. The van der Waals surface area contributed by atoms with E-state index in [9.17, 15) is 13.2 Å². The van der Waals surface area contributed by atoms with Crippen LogP contribution in [0.2, 0.25) is 5.02 Å². The minimum Gasteiger partial charge on any atom is -0.356 e. The van der Waals surface area contributed by atoms with Gasteiger partial charge in [-0.25, -0.2) is 13.6 Å². The van der Waals surface area contributed by atoms with E-state index in [-0.39, 0.29) is 24.6 Å². The fraction of sp³-hybridized carbons (Fsp3) is 0.364. The van der Waals surface area contributed by atoms with E-state index in [2.05, 4.69) is 5.32 Å². The van der Waals surface area contributed by atoms with Crippen molar-refractivity contribution in [3.05, 3.63) is 34.9 Å². The molecule has 3 N–H and O–H groups in total. The lowest BCUT2D eigenvalue weighted by Crippen LogP contribution is -2.28. The van der Waals surface area contributed by atoms with Gasteiger partial charge >= 0.3 is 0 Å². The number of nitrogens with one attached hydrogen (secondary N) is 1. The molecule has 0 saturated carbocycles. The molecule has 18 heavy (non-hydrogen) atoms. The lowest BCUT2D eigenvalue weighted by atomic mass is 10.1. The number of carbonyl (C=O) groups excluding carboxylic acids is 1. The molecule has 0 saturated heterocycles. The Morgan fingerprint density at radius 3 is 2.72 bits per heavy atom. The number of benzene rings is 1. The molecule has 1 rings (SSSR count). The summed E-state index contributed by atoms with van der Waals surface area (Å²) in [6.07, 6.45) is 0.524. The highest BCUT2D eigenvalue weighted by Gasteiger charge is 2.05. The van der Waals surface area contributed by atoms with Crippen LogP contribution in [0, 0.1) is 0 Å². The van der Waals surface area contributed by atoms with Crippen LogP contribution < -0.4 is 10.5 Å². The van der Waals surface area contributed by atoms with Crippen LogP contribution in [0.25, 0.3) is 0 Å². The van der Waals surface area contributed by atoms with E-state index in [4.69, 9.17) is 16.7 Å². The van der Waals surface area contributed by atoms with Gasteiger partial charge in [-0.1, -0.05) is 23.7 Å². The molecule has 0 radical (unpaired) electrons.